The molecule has 18 nitrogen and oxygen atoms in total. The van der Waals surface area contributed by atoms with Crippen molar-refractivity contribution in [2.75, 3.05) is 0 Å². The number of phenolic OH excluding ortho intramolecular Hbond substituents is 2. The van der Waals surface area contributed by atoms with E-state index in [2.05, 4.69) is 20.5 Å². The maximum atomic E-state index is 12.2. The number of azo groups is 2. The predicted octanol–water partition coefficient (Wildman–Crippen LogP) is 9.33. The first-order valence-corrected chi connectivity index (χ1v) is 23.8. The van der Waals surface area contributed by atoms with E-state index in [1.807, 2.05) is 0 Å². The van der Waals surface area contributed by atoms with Gasteiger partial charge < -0.3 is 10.2 Å². The summed E-state index contributed by atoms with van der Waals surface area (Å²) in [5.41, 5.74) is -1.000. The lowest BCUT2D eigenvalue weighted by Gasteiger charge is -2.11. The molecule has 6 rings (SSSR count). The van der Waals surface area contributed by atoms with Crippen LogP contribution in [0.3, 0.4) is 0 Å². The smallest absolute Gasteiger partial charge is 0.296 e. The Bertz CT molecular complexity index is 2990. The summed E-state index contributed by atoms with van der Waals surface area (Å²) in [6.45, 7) is 0. The molecule has 0 spiro atoms. The van der Waals surface area contributed by atoms with E-state index < -0.39 is 82.9 Å². The minimum absolute atomic E-state index is 0.192. The van der Waals surface area contributed by atoms with Crippen molar-refractivity contribution in [3.05, 3.63) is 95.0 Å². The lowest BCUT2D eigenvalue weighted by molar-refractivity contribution is 0.471. The molecule has 6 aromatic carbocycles. The van der Waals surface area contributed by atoms with Crippen molar-refractivity contribution in [2.45, 2.75) is 29.4 Å². The quantitative estimate of drug-likeness (QED) is 0.0400. The number of hydrogen-bond acceptors (Lipinski definition) is 16. The molecule has 0 aromatic heterocycles. The van der Waals surface area contributed by atoms with Crippen LogP contribution in [0.1, 0.15) is 0 Å². The molecule has 0 aliphatic rings. The minimum atomic E-state index is -5.05. The molecule has 0 aliphatic carbocycles. The Labute approximate surface area is 345 Å². The van der Waals surface area contributed by atoms with Gasteiger partial charge in [-0.1, -0.05) is 44.8 Å². The highest BCUT2D eigenvalue weighted by Gasteiger charge is 2.26. The predicted molar refractivity (Wildman–Crippen MR) is 213 cm³/mol. The van der Waals surface area contributed by atoms with E-state index in [9.17, 15) is 62.1 Å². The zero-order valence-electron chi connectivity index (χ0n) is 28.0. The molecule has 302 valence electrons. The van der Waals surface area contributed by atoms with Crippen molar-refractivity contribution in [1.82, 2.24) is 0 Å². The van der Waals surface area contributed by atoms with Gasteiger partial charge in [0, 0.05) is 20.6 Å². The summed E-state index contributed by atoms with van der Waals surface area (Å²) < 4.78 is 134. The summed E-state index contributed by atoms with van der Waals surface area (Å²) in [4.78, 5) is -1.78. The standard InChI is InChI=1S/C32H20Cl2N4O14S6/c33-23-13-21(55(41,42)43)9-15-11-25(57(47,48)49)29(31(39)27(15)23)37-35-17-1-5-19(6-2-17)53-54-20-7-3-18(4-8-20)36-38-30-26(58(50,51)52)12-16-10-22(56(44,45)46)14-24(34)28(16)32(30)40/h1-14,39-40H,(H,41,42,43)(H,44,45,46)(H,47,48,49)(H,50,51,52). The molecule has 0 saturated heterocycles. The number of hydrogen-bond donors (Lipinski definition) is 6. The molecule has 0 unspecified atom stereocenters. The summed E-state index contributed by atoms with van der Waals surface area (Å²) in [5.74, 6) is -1.67. The number of nitrogens with zero attached hydrogens (tertiary/aromatic N) is 4. The maximum absolute atomic E-state index is 12.2. The normalized spacial score (nSPS) is 13.0. The largest absolute Gasteiger partial charge is 0.505 e. The summed E-state index contributed by atoms with van der Waals surface area (Å²) in [7, 11) is -17.0. The highest BCUT2D eigenvalue weighted by molar-refractivity contribution is 8.76. The average Bonchev–Trinajstić information content (AvgIpc) is 3.12. The Balaban J connectivity index is 1.18. The summed E-state index contributed by atoms with van der Waals surface area (Å²) in [5, 5.41) is 35.6. The van der Waals surface area contributed by atoms with Crippen molar-refractivity contribution >= 4 is 130 Å². The Morgan fingerprint density at radius 3 is 1.07 bits per heavy atom. The zero-order valence-corrected chi connectivity index (χ0v) is 34.4. The van der Waals surface area contributed by atoms with E-state index in [0.717, 1.165) is 36.4 Å². The van der Waals surface area contributed by atoms with Gasteiger partial charge in [0.25, 0.3) is 40.5 Å². The Hall–Kier alpha value is -4.44. The van der Waals surface area contributed by atoms with Crippen LogP contribution >= 0.6 is 44.8 Å². The molecule has 26 heteroatoms. The summed E-state index contributed by atoms with van der Waals surface area (Å²) in [6, 6.07) is 17.6. The molecule has 0 amide bonds. The molecule has 0 atom stereocenters. The first-order valence-electron chi connectivity index (χ1n) is 15.2. The molecule has 6 N–H and O–H groups in total. The third-order valence-corrected chi connectivity index (χ3v) is 14.2. The minimum Gasteiger partial charge on any atom is -0.505 e. The van der Waals surface area contributed by atoms with Crippen LogP contribution in [0.15, 0.2) is 135 Å². The zero-order chi connectivity index (χ0) is 42.5. The maximum Gasteiger partial charge on any atom is 0.296 e. The van der Waals surface area contributed by atoms with Crippen molar-refractivity contribution in [3.63, 3.8) is 0 Å². The van der Waals surface area contributed by atoms with Crippen LogP contribution in [0.25, 0.3) is 21.5 Å². The second-order valence-corrected chi connectivity index (χ2v) is 20.3. The highest BCUT2D eigenvalue weighted by Crippen LogP contribution is 2.47. The van der Waals surface area contributed by atoms with Gasteiger partial charge >= 0.3 is 0 Å². The molecular weight excluding hydrogens is 928 g/mol. The molecule has 6 aromatic rings. The molecule has 58 heavy (non-hydrogen) atoms. The number of phenols is 2. The first-order chi connectivity index (χ1) is 26.9. The van der Waals surface area contributed by atoms with Crippen LogP contribution in [-0.4, -0.2) is 62.1 Å². The summed E-state index contributed by atoms with van der Waals surface area (Å²) >= 11 is 12.3. The Morgan fingerprint density at radius 2 is 0.776 bits per heavy atom. The number of fused-ring (bicyclic) bond motifs is 2. The van der Waals surface area contributed by atoms with Gasteiger partial charge in [-0.05, 0) is 95.7 Å². The molecule has 0 radical (unpaired) electrons. The van der Waals surface area contributed by atoms with Crippen molar-refractivity contribution in [1.29, 1.82) is 0 Å². The van der Waals surface area contributed by atoms with Gasteiger partial charge in [0.1, 0.15) is 21.2 Å². The van der Waals surface area contributed by atoms with Gasteiger partial charge in [0.15, 0.2) is 11.5 Å². The van der Waals surface area contributed by atoms with Gasteiger partial charge in [-0.25, -0.2) is 0 Å². The van der Waals surface area contributed by atoms with Gasteiger partial charge in [-0.2, -0.15) is 43.9 Å². The second kappa shape index (κ2) is 16.0. The third-order valence-electron chi connectivity index (χ3n) is 7.74. The monoisotopic (exact) mass is 946 g/mol. The van der Waals surface area contributed by atoms with E-state index in [-0.39, 0.29) is 43.0 Å². The van der Waals surface area contributed by atoms with Gasteiger partial charge in [-0.15, -0.1) is 10.2 Å². The van der Waals surface area contributed by atoms with Gasteiger partial charge in [0.05, 0.1) is 31.2 Å². The average molecular weight is 948 g/mol. The van der Waals surface area contributed by atoms with Gasteiger partial charge in [-0.3, -0.25) is 18.2 Å². The van der Waals surface area contributed by atoms with E-state index in [4.69, 9.17) is 23.2 Å². The van der Waals surface area contributed by atoms with Crippen LogP contribution in [0.2, 0.25) is 10.0 Å². The van der Waals surface area contributed by atoms with Crippen LogP contribution in [0, 0.1) is 0 Å². The SMILES string of the molecule is O=S(=O)(O)c1cc(Cl)c2c(O)c(N=Nc3ccc(SSc4ccc(N=Nc5c(S(=O)(=O)O)cc6cc(S(=O)(=O)O)cc(Cl)c6c5O)cc4)cc3)c(S(=O)(=O)O)cc2c1. The third kappa shape index (κ3) is 9.38. The molecule has 0 saturated carbocycles. The van der Waals surface area contributed by atoms with Crippen LogP contribution < -0.4 is 0 Å². The lowest BCUT2D eigenvalue weighted by Crippen LogP contribution is -2.01. The van der Waals surface area contributed by atoms with Gasteiger partial charge in [0.2, 0.25) is 0 Å². The fraction of sp³-hybridized carbons (Fsp3) is 0. The first kappa shape index (κ1) is 43.1. The molecule has 0 aliphatic heterocycles. The van der Waals surface area contributed by atoms with E-state index in [0.29, 0.717) is 9.79 Å². The van der Waals surface area contributed by atoms with Crippen LogP contribution in [0.5, 0.6) is 11.5 Å². The van der Waals surface area contributed by atoms with E-state index in [1.54, 1.807) is 24.3 Å². The fourth-order valence-electron chi connectivity index (χ4n) is 5.15. The van der Waals surface area contributed by atoms with Crippen LogP contribution in [-0.2, 0) is 40.5 Å². The van der Waals surface area contributed by atoms with Crippen LogP contribution in [0.4, 0.5) is 22.7 Å². The van der Waals surface area contributed by atoms with Crippen molar-refractivity contribution in [2.24, 2.45) is 20.5 Å². The second-order valence-electron chi connectivity index (χ2n) is 11.6. The number of rotatable bonds is 11. The fourth-order valence-corrected chi connectivity index (χ4v) is 10.2. The van der Waals surface area contributed by atoms with Crippen molar-refractivity contribution < 1.29 is 62.1 Å². The molecule has 0 bridgehead atoms. The number of benzene rings is 6. The van der Waals surface area contributed by atoms with E-state index >= 15 is 0 Å². The van der Waals surface area contributed by atoms with Crippen molar-refractivity contribution in [3.8, 4) is 11.5 Å². The Kier molecular flexibility index (Phi) is 11.9. The molecule has 0 fully saturated rings. The highest BCUT2D eigenvalue weighted by atomic mass is 35.5. The van der Waals surface area contributed by atoms with E-state index in [1.165, 1.54) is 45.9 Å². The number of halogens is 2. The lowest BCUT2D eigenvalue weighted by atomic mass is 10.1. The molecular formula is C32H20Cl2N4O14S6. The number of aromatic hydroxyl groups is 2. The molecule has 0 heterocycles. The topological polar surface area (TPSA) is 307 Å². The summed E-state index contributed by atoms with van der Waals surface area (Å²) in [6.07, 6.45) is 0. The Morgan fingerprint density at radius 1 is 0.448 bits per heavy atom.